The number of alkyl halides is 3. The summed E-state index contributed by atoms with van der Waals surface area (Å²) in [5.74, 6) is -1.40. The van der Waals surface area contributed by atoms with Crippen LogP contribution in [0.15, 0.2) is 50.4 Å². The molecule has 3 heterocycles. The number of hydrogen-bond acceptors (Lipinski definition) is 6. The average molecular weight is 455 g/mol. The number of piperazine rings is 1. The second-order valence-electron chi connectivity index (χ2n) is 7.37. The molecule has 0 aliphatic carbocycles. The van der Waals surface area contributed by atoms with Gasteiger partial charge in [0.15, 0.2) is 5.76 Å². The molecule has 11 heteroatoms. The van der Waals surface area contributed by atoms with Crippen molar-refractivity contribution >= 4 is 15.7 Å². The number of benzene rings is 1. The number of sulfonamides is 1. The van der Waals surface area contributed by atoms with Crippen LogP contribution in [0.1, 0.15) is 16.9 Å². The number of anilines is 1. The molecule has 0 radical (unpaired) electrons. The predicted molar refractivity (Wildman–Crippen MR) is 106 cm³/mol. The Kier molecular flexibility index (Phi) is 5.34. The van der Waals surface area contributed by atoms with E-state index >= 15 is 0 Å². The fourth-order valence-electron chi connectivity index (χ4n) is 3.48. The molecule has 1 fully saturated rings. The monoisotopic (exact) mass is 455 g/mol. The van der Waals surface area contributed by atoms with E-state index in [1.165, 1.54) is 16.4 Å². The highest BCUT2D eigenvalue weighted by Crippen LogP contribution is 2.33. The van der Waals surface area contributed by atoms with Crippen molar-refractivity contribution in [2.24, 2.45) is 0 Å². The molecule has 0 N–H and O–H groups in total. The van der Waals surface area contributed by atoms with E-state index in [1.54, 1.807) is 0 Å². The highest BCUT2D eigenvalue weighted by Gasteiger charge is 2.37. The van der Waals surface area contributed by atoms with Crippen LogP contribution in [0.5, 0.6) is 0 Å². The minimum Gasteiger partial charge on any atom is -0.441 e. The van der Waals surface area contributed by atoms with Crippen LogP contribution < -0.4 is 4.90 Å². The Hall–Kier alpha value is -2.79. The van der Waals surface area contributed by atoms with Gasteiger partial charge >= 0.3 is 6.18 Å². The van der Waals surface area contributed by atoms with Gasteiger partial charge in [0, 0.05) is 37.9 Å². The molecule has 0 amide bonds. The van der Waals surface area contributed by atoms with Gasteiger partial charge in [-0.25, -0.2) is 8.42 Å². The lowest BCUT2D eigenvalue weighted by molar-refractivity contribution is -0.155. The molecule has 1 aliphatic heterocycles. The summed E-state index contributed by atoms with van der Waals surface area (Å²) >= 11 is 0. The van der Waals surface area contributed by atoms with Gasteiger partial charge in [0.05, 0.1) is 0 Å². The maximum absolute atomic E-state index is 13.0. The van der Waals surface area contributed by atoms with E-state index in [0.29, 0.717) is 19.2 Å². The molecule has 0 atom stereocenters. The molecule has 0 saturated carbocycles. The van der Waals surface area contributed by atoms with Crippen molar-refractivity contribution in [2.45, 2.75) is 25.1 Å². The van der Waals surface area contributed by atoms with Crippen molar-refractivity contribution in [1.29, 1.82) is 0 Å². The Bertz CT molecular complexity index is 1190. The Balaban J connectivity index is 1.49. The summed E-state index contributed by atoms with van der Waals surface area (Å²) in [5, 5.41) is 2.97. The van der Waals surface area contributed by atoms with E-state index in [4.69, 9.17) is 4.42 Å². The number of nitrogens with zero attached hydrogens (tertiary/aromatic N) is 3. The zero-order valence-corrected chi connectivity index (χ0v) is 17.6. The number of rotatable bonds is 4. The lowest BCUT2D eigenvalue weighted by Crippen LogP contribution is -2.48. The summed E-state index contributed by atoms with van der Waals surface area (Å²) in [6, 6.07) is 9.28. The second-order valence-corrected chi connectivity index (χ2v) is 9.24. The molecule has 31 heavy (non-hydrogen) atoms. The molecular formula is C20H20F3N3O4S. The van der Waals surface area contributed by atoms with Crippen LogP contribution in [0.25, 0.3) is 11.5 Å². The van der Waals surface area contributed by atoms with Crippen molar-refractivity contribution in [1.82, 2.24) is 9.46 Å². The van der Waals surface area contributed by atoms with Gasteiger partial charge in [0.2, 0.25) is 10.9 Å². The Morgan fingerprint density at radius 2 is 1.71 bits per heavy atom. The van der Waals surface area contributed by atoms with E-state index in [1.807, 2.05) is 26.0 Å². The van der Waals surface area contributed by atoms with Crippen LogP contribution in [0, 0.1) is 13.8 Å². The van der Waals surface area contributed by atoms with Crippen LogP contribution in [-0.2, 0) is 16.2 Å². The summed E-state index contributed by atoms with van der Waals surface area (Å²) in [4.78, 5) is 2.13. The molecule has 1 aromatic carbocycles. The van der Waals surface area contributed by atoms with Gasteiger partial charge in [-0.05, 0) is 43.2 Å². The molecular weight excluding hydrogens is 435 g/mol. The Morgan fingerprint density at radius 3 is 2.35 bits per heavy atom. The van der Waals surface area contributed by atoms with Crippen LogP contribution in [0.2, 0.25) is 0 Å². The molecule has 0 unspecified atom stereocenters. The maximum atomic E-state index is 13.0. The molecule has 0 spiro atoms. The van der Waals surface area contributed by atoms with Crippen molar-refractivity contribution in [3.05, 3.63) is 53.3 Å². The Morgan fingerprint density at radius 1 is 1.00 bits per heavy atom. The smallest absolute Gasteiger partial charge is 0.441 e. The quantitative estimate of drug-likeness (QED) is 0.590. The van der Waals surface area contributed by atoms with Crippen molar-refractivity contribution in [2.75, 3.05) is 31.1 Å². The van der Waals surface area contributed by atoms with E-state index in [2.05, 4.69) is 20.6 Å². The molecule has 2 aromatic heterocycles. The largest absolute Gasteiger partial charge is 0.452 e. The first-order valence-corrected chi connectivity index (χ1v) is 11.0. The topological polar surface area (TPSA) is 79.8 Å². The third kappa shape index (κ3) is 4.19. The van der Waals surface area contributed by atoms with Crippen molar-refractivity contribution in [3.8, 4) is 11.5 Å². The zero-order valence-electron chi connectivity index (χ0n) is 16.8. The van der Waals surface area contributed by atoms with Crippen LogP contribution in [-0.4, -0.2) is 44.1 Å². The Labute approximate surface area is 177 Å². The number of aryl methyl sites for hydroxylation is 2. The van der Waals surface area contributed by atoms with E-state index < -0.39 is 22.0 Å². The highest BCUT2D eigenvalue weighted by atomic mass is 32.2. The standard InChI is InChI=1S/C20H20F3N3O4S/c1-13-3-4-14(2)16(11-13)25-7-9-26(10-8-25)31(27,28)19-6-5-17(29-19)15-12-18(30-24-15)20(21,22)23/h3-6,11-12H,7-10H2,1-2H3. The molecule has 4 rings (SSSR count). The molecule has 0 bridgehead atoms. The molecule has 1 saturated heterocycles. The number of hydrogen-bond donors (Lipinski definition) is 0. The van der Waals surface area contributed by atoms with Crippen LogP contribution in [0.3, 0.4) is 0 Å². The first kappa shape index (κ1) is 21.4. The van der Waals surface area contributed by atoms with Gasteiger partial charge < -0.3 is 13.8 Å². The average Bonchev–Trinajstić information content (AvgIpc) is 3.39. The van der Waals surface area contributed by atoms with Crippen LogP contribution in [0.4, 0.5) is 18.9 Å². The lowest BCUT2D eigenvalue weighted by Gasteiger charge is -2.35. The van der Waals surface area contributed by atoms with Crippen molar-refractivity contribution in [3.63, 3.8) is 0 Å². The summed E-state index contributed by atoms with van der Waals surface area (Å²) in [6.45, 7) is 5.55. The minimum absolute atomic E-state index is 0.119. The zero-order chi connectivity index (χ0) is 22.4. The normalized spacial score (nSPS) is 16.1. The first-order valence-electron chi connectivity index (χ1n) is 9.52. The van der Waals surface area contributed by atoms with Gasteiger partial charge in [0.25, 0.3) is 10.0 Å². The van der Waals surface area contributed by atoms with Gasteiger partial charge in [-0.2, -0.15) is 17.5 Å². The summed E-state index contributed by atoms with van der Waals surface area (Å²) in [6.07, 6.45) is -4.69. The molecule has 1 aliphatic rings. The summed E-state index contributed by atoms with van der Waals surface area (Å²) in [7, 11) is -3.94. The highest BCUT2D eigenvalue weighted by molar-refractivity contribution is 7.89. The minimum atomic E-state index is -4.69. The third-order valence-corrected chi connectivity index (χ3v) is 6.93. The third-order valence-electron chi connectivity index (χ3n) is 5.16. The number of furan rings is 1. The molecule has 7 nitrogen and oxygen atoms in total. The van der Waals surface area contributed by atoms with E-state index in [0.717, 1.165) is 16.8 Å². The van der Waals surface area contributed by atoms with Crippen molar-refractivity contribution < 1.29 is 30.5 Å². The SMILES string of the molecule is Cc1ccc(C)c(N2CCN(S(=O)(=O)c3ccc(-c4cc(C(F)(F)F)on4)o3)CC2)c1. The maximum Gasteiger partial charge on any atom is 0.452 e. The van der Waals surface area contributed by atoms with Gasteiger partial charge in [-0.15, -0.1) is 0 Å². The fourth-order valence-corrected chi connectivity index (χ4v) is 4.81. The molecule has 3 aromatic rings. The predicted octanol–water partition coefficient (Wildman–Crippen LogP) is 4.08. The summed E-state index contributed by atoms with van der Waals surface area (Å²) in [5.41, 5.74) is 3.08. The lowest BCUT2D eigenvalue weighted by atomic mass is 10.1. The first-order chi connectivity index (χ1) is 14.6. The molecule has 166 valence electrons. The van der Waals surface area contributed by atoms with E-state index in [9.17, 15) is 21.6 Å². The van der Waals surface area contributed by atoms with Gasteiger partial charge in [-0.3, -0.25) is 0 Å². The summed E-state index contributed by atoms with van der Waals surface area (Å²) < 4.78 is 74.9. The second kappa shape index (κ2) is 7.72. The van der Waals surface area contributed by atoms with Gasteiger partial charge in [0.1, 0.15) is 5.69 Å². The number of aromatic nitrogens is 1. The fraction of sp³-hybridized carbons (Fsp3) is 0.350. The number of halogens is 3. The van der Waals surface area contributed by atoms with Gasteiger partial charge in [-0.1, -0.05) is 17.3 Å². The van der Waals surface area contributed by atoms with E-state index in [-0.39, 0.29) is 29.6 Å². The van der Waals surface area contributed by atoms with Crippen LogP contribution >= 0.6 is 0 Å².